The molecule has 2 heterocycles. The lowest BCUT2D eigenvalue weighted by molar-refractivity contribution is 0.620. The molecule has 0 aliphatic heterocycles. The van der Waals surface area contributed by atoms with Crippen LogP contribution in [0.25, 0.3) is 66.7 Å². The summed E-state index contributed by atoms with van der Waals surface area (Å²) >= 11 is 0. The molecule has 2 aromatic heterocycles. The smallest absolute Gasteiger partial charge is 0.227 e. The van der Waals surface area contributed by atoms with Crippen molar-refractivity contribution >= 4 is 50.1 Å². The number of aromatic nitrogens is 1. The van der Waals surface area contributed by atoms with Gasteiger partial charge in [-0.1, -0.05) is 164 Å². The molecule has 0 amide bonds. The predicted molar refractivity (Wildman–Crippen MR) is 244 cm³/mol. The summed E-state index contributed by atoms with van der Waals surface area (Å²) in [6.07, 6.45) is 0. The van der Waals surface area contributed by atoms with Crippen LogP contribution in [0, 0.1) is 0 Å². The molecule has 12 rings (SSSR count). The van der Waals surface area contributed by atoms with E-state index in [0.717, 1.165) is 61.2 Å². The molecule has 4 heteroatoms. The fraction of sp³-hybridized carbons (Fsp3) is 0.0179. The summed E-state index contributed by atoms with van der Waals surface area (Å²) in [5.41, 5.74) is 16.1. The summed E-state index contributed by atoms with van der Waals surface area (Å²) in [5.74, 6) is 0.582. The lowest BCUT2D eigenvalue weighted by Crippen LogP contribution is -2.28. The molecule has 0 fully saturated rings. The first kappa shape index (κ1) is 34.1. The van der Waals surface area contributed by atoms with Crippen LogP contribution in [0.5, 0.6) is 0 Å². The number of para-hydroxylation sites is 2. The Bertz CT molecular complexity index is 3330. The quantitative estimate of drug-likeness (QED) is 0.162. The monoisotopic (exact) mass is 768 g/mol. The molecule has 282 valence electrons. The number of oxazole rings is 1. The molecule has 0 atom stereocenters. The van der Waals surface area contributed by atoms with Gasteiger partial charge in [0.2, 0.25) is 5.89 Å². The van der Waals surface area contributed by atoms with Gasteiger partial charge in [0.1, 0.15) is 11.1 Å². The number of hydrogen-bond acceptors (Lipinski definition) is 4. The van der Waals surface area contributed by atoms with Gasteiger partial charge < -0.3 is 13.7 Å². The Morgan fingerprint density at radius 2 is 1.00 bits per heavy atom. The zero-order valence-corrected chi connectivity index (χ0v) is 32.5. The zero-order valence-electron chi connectivity index (χ0n) is 32.5. The second-order valence-corrected chi connectivity index (χ2v) is 15.5. The summed E-state index contributed by atoms with van der Waals surface area (Å²) in [5, 5.41) is 2.15. The SMILES string of the molecule is c1ccc(-c2ccc(-c3nc4cc(N(c5ccc6c(c5)C(c5ccccc5)(c5ccccc5)c5ccccc5-6)c5cccc6c5oc5ccccc56)ccc4o3)cc2)cc1. The number of fused-ring (bicyclic) bond motifs is 7. The van der Waals surface area contributed by atoms with Crippen LogP contribution in [0.4, 0.5) is 17.1 Å². The topological polar surface area (TPSA) is 42.4 Å². The van der Waals surface area contributed by atoms with Crippen molar-refractivity contribution < 1.29 is 8.83 Å². The second-order valence-electron chi connectivity index (χ2n) is 15.5. The number of benzene rings is 9. The zero-order chi connectivity index (χ0) is 39.6. The fourth-order valence-corrected chi connectivity index (χ4v) is 9.52. The number of rotatable bonds is 7. The average Bonchev–Trinajstić information content (AvgIpc) is 4.01. The van der Waals surface area contributed by atoms with Gasteiger partial charge in [0, 0.05) is 27.7 Å². The van der Waals surface area contributed by atoms with E-state index in [0.29, 0.717) is 5.89 Å². The van der Waals surface area contributed by atoms with Gasteiger partial charge in [0.15, 0.2) is 11.2 Å². The summed E-state index contributed by atoms with van der Waals surface area (Å²) in [6, 6.07) is 77.5. The second kappa shape index (κ2) is 13.6. The molecule has 0 N–H and O–H groups in total. The Labute approximate surface area is 347 Å². The van der Waals surface area contributed by atoms with Gasteiger partial charge in [-0.25, -0.2) is 4.98 Å². The van der Waals surface area contributed by atoms with Crippen LogP contribution in [0.15, 0.2) is 227 Å². The molecular weight excluding hydrogens is 733 g/mol. The van der Waals surface area contributed by atoms with Crippen LogP contribution in [-0.2, 0) is 5.41 Å². The van der Waals surface area contributed by atoms with Crippen molar-refractivity contribution in [3.8, 4) is 33.7 Å². The van der Waals surface area contributed by atoms with Gasteiger partial charge in [0.05, 0.1) is 11.1 Å². The first-order valence-electron chi connectivity index (χ1n) is 20.4. The van der Waals surface area contributed by atoms with E-state index in [-0.39, 0.29) is 0 Å². The first-order valence-corrected chi connectivity index (χ1v) is 20.4. The third kappa shape index (κ3) is 5.21. The van der Waals surface area contributed by atoms with Crippen molar-refractivity contribution in [1.82, 2.24) is 4.98 Å². The van der Waals surface area contributed by atoms with E-state index in [1.807, 2.05) is 24.3 Å². The maximum absolute atomic E-state index is 6.75. The molecule has 9 aromatic carbocycles. The summed E-state index contributed by atoms with van der Waals surface area (Å²) < 4.78 is 13.2. The largest absolute Gasteiger partial charge is 0.454 e. The molecule has 0 saturated heterocycles. The minimum Gasteiger partial charge on any atom is -0.454 e. The molecule has 0 bridgehead atoms. The minimum atomic E-state index is -0.553. The van der Waals surface area contributed by atoms with E-state index in [2.05, 4.69) is 199 Å². The van der Waals surface area contributed by atoms with Gasteiger partial charge in [-0.3, -0.25) is 0 Å². The molecule has 1 aliphatic rings. The normalized spacial score (nSPS) is 12.8. The van der Waals surface area contributed by atoms with Crippen LogP contribution in [-0.4, -0.2) is 4.98 Å². The van der Waals surface area contributed by atoms with Gasteiger partial charge in [0.25, 0.3) is 0 Å². The molecule has 0 unspecified atom stereocenters. The maximum atomic E-state index is 6.75. The Morgan fingerprint density at radius 1 is 0.400 bits per heavy atom. The molecule has 4 nitrogen and oxygen atoms in total. The lowest BCUT2D eigenvalue weighted by atomic mass is 9.67. The van der Waals surface area contributed by atoms with Gasteiger partial charge in [-0.2, -0.15) is 0 Å². The van der Waals surface area contributed by atoms with E-state index < -0.39 is 5.41 Å². The van der Waals surface area contributed by atoms with Gasteiger partial charge in [-0.15, -0.1) is 0 Å². The van der Waals surface area contributed by atoms with Crippen LogP contribution in [0.3, 0.4) is 0 Å². The van der Waals surface area contributed by atoms with E-state index in [9.17, 15) is 0 Å². The molecule has 60 heavy (non-hydrogen) atoms. The highest BCUT2D eigenvalue weighted by molar-refractivity contribution is 6.10. The third-order valence-electron chi connectivity index (χ3n) is 12.2. The fourth-order valence-electron chi connectivity index (χ4n) is 9.52. The number of anilines is 3. The van der Waals surface area contributed by atoms with Gasteiger partial charge >= 0.3 is 0 Å². The van der Waals surface area contributed by atoms with Crippen LogP contribution in [0.2, 0.25) is 0 Å². The van der Waals surface area contributed by atoms with Crippen LogP contribution < -0.4 is 4.90 Å². The number of hydrogen-bond donors (Lipinski definition) is 0. The molecule has 11 aromatic rings. The van der Waals surface area contributed by atoms with Crippen LogP contribution >= 0.6 is 0 Å². The lowest BCUT2D eigenvalue weighted by Gasteiger charge is -2.34. The van der Waals surface area contributed by atoms with Crippen molar-refractivity contribution in [1.29, 1.82) is 0 Å². The first-order chi connectivity index (χ1) is 29.7. The van der Waals surface area contributed by atoms with E-state index in [1.54, 1.807) is 0 Å². The van der Waals surface area contributed by atoms with Gasteiger partial charge in [-0.05, 0) is 99.1 Å². The Kier molecular flexibility index (Phi) is 7.72. The summed E-state index contributed by atoms with van der Waals surface area (Å²) in [4.78, 5) is 7.40. The minimum absolute atomic E-state index is 0.553. The van der Waals surface area contributed by atoms with Crippen molar-refractivity contribution in [3.05, 3.63) is 241 Å². The Hall–Kier alpha value is -7.95. The highest BCUT2D eigenvalue weighted by atomic mass is 16.3. The molecular formula is C56H36N2O2. The van der Waals surface area contributed by atoms with E-state index >= 15 is 0 Å². The molecule has 1 aliphatic carbocycles. The van der Waals surface area contributed by atoms with Crippen molar-refractivity contribution in [2.45, 2.75) is 5.41 Å². The summed E-state index contributed by atoms with van der Waals surface area (Å²) in [7, 11) is 0. The highest BCUT2D eigenvalue weighted by Gasteiger charge is 2.46. The third-order valence-corrected chi connectivity index (χ3v) is 12.2. The predicted octanol–water partition coefficient (Wildman–Crippen LogP) is 14.9. The maximum Gasteiger partial charge on any atom is 0.227 e. The standard InChI is InChI=1S/C56H36N2O2/c1-4-15-37(16-5-1)38-27-29-39(30-28-38)55-57-50-36-43(32-34-53(50)60-55)58(51-25-14-23-47-46-22-11-13-26-52(46)59-54(47)51)42-31-33-45-44-21-10-12-24-48(44)56(49(45)35-42,40-17-6-2-7-18-40)41-19-8-3-9-20-41/h1-36H. The molecule has 0 radical (unpaired) electrons. The highest BCUT2D eigenvalue weighted by Crippen LogP contribution is 2.57. The average molecular weight is 769 g/mol. The number of nitrogens with zero attached hydrogens (tertiary/aromatic N) is 2. The molecule has 0 spiro atoms. The van der Waals surface area contributed by atoms with E-state index in [4.69, 9.17) is 13.8 Å². The van der Waals surface area contributed by atoms with E-state index in [1.165, 1.54) is 38.9 Å². The van der Waals surface area contributed by atoms with Crippen molar-refractivity contribution in [2.24, 2.45) is 0 Å². The summed E-state index contributed by atoms with van der Waals surface area (Å²) in [6.45, 7) is 0. The Morgan fingerprint density at radius 3 is 1.78 bits per heavy atom. The van der Waals surface area contributed by atoms with Crippen molar-refractivity contribution in [2.75, 3.05) is 4.90 Å². The Balaban J connectivity index is 1.07. The van der Waals surface area contributed by atoms with Crippen LogP contribution in [0.1, 0.15) is 22.3 Å². The number of furan rings is 1. The molecule has 0 saturated carbocycles. The van der Waals surface area contributed by atoms with Crippen molar-refractivity contribution in [3.63, 3.8) is 0 Å².